The van der Waals surface area contributed by atoms with Crippen LogP contribution in [-0.4, -0.2) is 18.1 Å². The molecule has 0 saturated carbocycles. The van der Waals surface area contributed by atoms with E-state index < -0.39 is 0 Å². The summed E-state index contributed by atoms with van der Waals surface area (Å²) in [6.45, 7) is 8.36. The molecule has 4 heteroatoms. The summed E-state index contributed by atoms with van der Waals surface area (Å²) in [4.78, 5) is 6.75. The highest BCUT2D eigenvalue weighted by atomic mass is 16.3. The first-order valence-electron chi connectivity index (χ1n) is 7.29. The number of nitrogens with zero attached hydrogens (tertiary/aromatic N) is 2. The van der Waals surface area contributed by atoms with E-state index in [1.54, 1.807) is 6.26 Å². The minimum Gasteiger partial charge on any atom is -0.467 e. The van der Waals surface area contributed by atoms with Gasteiger partial charge in [0.1, 0.15) is 11.6 Å². The van der Waals surface area contributed by atoms with Crippen LogP contribution in [0.3, 0.4) is 0 Å². The summed E-state index contributed by atoms with van der Waals surface area (Å²) in [5, 5.41) is 3.46. The molecule has 0 aromatic carbocycles. The minimum absolute atomic E-state index is 0.186. The quantitative estimate of drug-likeness (QED) is 0.825. The Bertz CT molecular complexity index is 489. The van der Waals surface area contributed by atoms with Crippen molar-refractivity contribution in [3.05, 3.63) is 42.5 Å². The Balaban J connectivity index is 2.06. The van der Waals surface area contributed by atoms with Gasteiger partial charge >= 0.3 is 0 Å². The molecule has 1 atom stereocenters. The summed E-state index contributed by atoms with van der Waals surface area (Å²) < 4.78 is 5.46. The van der Waals surface area contributed by atoms with Crippen molar-refractivity contribution in [2.75, 3.05) is 23.3 Å². The van der Waals surface area contributed by atoms with Crippen LogP contribution in [0.5, 0.6) is 0 Å². The number of aromatic nitrogens is 1. The van der Waals surface area contributed by atoms with Crippen molar-refractivity contribution >= 4 is 11.5 Å². The normalized spacial score (nSPS) is 12.2. The molecule has 0 fully saturated rings. The second kappa shape index (κ2) is 6.98. The lowest BCUT2D eigenvalue weighted by molar-refractivity contribution is 0.474. The smallest absolute Gasteiger partial charge is 0.128 e. The van der Waals surface area contributed by atoms with E-state index in [4.69, 9.17) is 4.42 Å². The van der Waals surface area contributed by atoms with Crippen LogP contribution in [0.15, 0.2) is 41.1 Å². The van der Waals surface area contributed by atoms with E-state index >= 15 is 0 Å². The van der Waals surface area contributed by atoms with Gasteiger partial charge in [-0.1, -0.05) is 6.92 Å². The van der Waals surface area contributed by atoms with E-state index in [9.17, 15) is 0 Å². The van der Waals surface area contributed by atoms with Gasteiger partial charge in [0.25, 0.3) is 0 Å². The number of hydrogen-bond donors (Lipinski definition) is 1. The van der Waals surface area contributed by atoms with Crippen molar-refractivity contribution in [3.63, 3.8) is 0 Å². The lowest BCUT2D eigenvalue weighted by Crippen LogP contribution is -2.22. The van der Waals surface area contributed by atoms with E-state index in [1.165, 1.54) is 0 Å². The summed E-state index contributed by atoms with van der Waals surface area (Å²) in [7, 11) is 0. The zero-order chi connectivity index (χ0) is 14.4. The van der Waals surface area contributed by atoms with E-state index in [0.717, 1.165) is 36.8 Å². The van der Waals surface area contributed by atoms with Crippen LogP contribution in [-0.2, 0) is 0 Å². The molecule has 0 aliphatic rings. The molecule has 1 N–H and O–H groups in total. The third-order valence-electron chi connectivity index (χ3n) is 3.47. The Morgan fingerprint density at radius 1 is 1.20 bits per heavy atom. The first kappa shape index (κ1) is 14.4. The molecular formula is C16H23N3O. The molecule has 1 unspecified atom stereocenters. The molecule has 0 aliphatic heterocycles. The number of nitrogens with one attached hydrogen (secondary N) is 1. The predicted octanol–water partition coefficient (Wildman–Crippen LogP) is 4.08. The molecule has 0 amide bonds. The summed E-state index contributed by atoms with van der Waals surface area (Å²) in [6.07, 6.45) is 4.56. The molecule has 2 aromatic heterocycles. The van der Waals surface area contributed by atoms with Crippen LogP contribution < -0.4 is 10.2 Å². The molecular weight excluding hydrogens is 250 g/mol. The third-order valence-corrected chi connectivity index (χ3v) is 3.47. The molecule has 20 heavy (non-hydrogen) atoms. The third kappa shape index (κ3) is 3.32. The van der Waals surface area contributed by atoms with Gasteiger partial charge < -0.3 is 14.6 Å². The molecule has 0 radical (unpaired) electrons. The second-order valence-corrected chi connectivity index (χ2v) is 4.70. The van der Waals surface area contributed by atoms with Crippen molar-refractivity contribution in [2.24, 2.45) is 0 Å². The van der Waals surface area contributed by atoms with Gasteiger partial charge in [0, 0.05) is 13.1 Å². The Hall–Kier alpha value is -1.97. The molecule has 0 spiro atoms. The lowest BCUT2D eigenvalue weighted by atomic mass is 10.1. The van der Waals surface area contributed by atoms with Crippen molar-refractivity contribution in [3.8, 4) is 0 Å². The van der Waals surface area contributed by atoms with Crippen LogP contribution in [0, 0.1) is 0 Å². The zero-order valence-electron chi connectivity index (χ0n) is 12.5. The van der Waals surface area contributed by atoms with Gasteiger partial charge in [-0.2, -0.15) is 0 Å². The Labute approximate surface area is 120 Å². The molecule has 0 bridgehead atoms. The van der Waals surface area contributed by atoms with Crippen LogP contribution in [0.4, 0.5) is 11.5 Å². The number of furan rings is 1. The number of rotatable bonds is 7. The van der Waals surface area contributed by atoms with E-state index in [1.807, 2.05) is 18.3 Å². The summed E-state index contributed by atoms with van der Waals surface area (Å²) in [5.74, 6) is 1.98. The van der Waals surface area contributed by atoms with Crippen molar-refractivity contribution < 1.29 is 4.42 Å². The molecule has 0 aliphatic carbocycles. The largest absolute Gasteiger partial charge is 0.467 e. The van der Waals surface area contributed by atoms with Crippen LogP contribution in [0.25, 0.3) is 0 Å². The van der Waals surface area contributed by atoms with E-state index in [-0.39, 0.29) is 6.04 Å². The van der Waals surface area contributed by atoms with E-state index in [2.05, 4.69) is 48.1 Å². The van der Waals surface area contributed by atoms with Crippen molar-refractivity contribution in [1.82, 2.24) is 4.98 Å². The van der Waals surface area contributed by atoms with Gasteiger partial charge in [-0.05, 0) is 44.5 Å². The maximum atomic E-state index is 5.46. The SMILES string of the molecule is CCC(Nc1ccc(N(CC)CC)nc1)c1ccco1. The maximum absolute atomic E-state index is 5.46. The Kier molecular flexibility index (Phi) is 5.04. The molecule has 4 nitrogen and oxygen atoms in total. The molecule has 2 aromatic rings. The average Bonchev–Trinajstić information content (AvgIpc) is 3.01. The predicted molar refractivity (Wildman–Crippen MR) is 83.2 cm³/mol. The lowest BCUT2D eigenvalue weighted by Gasteiger charge is -2.20. The van der Waals surface area contributed by atoms with E-state index in [0.29, 0.717) is 0 Å². The molecule has 0 saturated heterocycles. The minimum atomic E-state index is 0.186. The monoisotopic (exact) mass is 273 g/mol. The fourth-order valence-electron chi connectivity index (χ4n) is 2.27. The van der Waals surface area contributed by atoms with Gasteiger partial charge in [-0.3, -0.25) is 0 Å². The highest BCUT2D eigenvalue weighted by molar-refractivity contribution is 5.49. The molecule has 2 heterocycles. The zero-order valence-corrected chi connectivity index (χ0v) is 12.5. The van der Waals surface area contributed by atoms with Gasteiger partial charge in [-0.15, -0.1) is 0 Å². The fourth-order valence-corrected chi connectivity index (χ4v) is 2.27. The standard InChI is InChI=1S/C16H23N3O/c1-4-14(15-8-7-11-20-15)18-13-9-10-16(17-12-13)19(5-2)6-3/h7-12,14,18H,4-6H2,1-3H3. The topological polar surface area (TPSA) is 41.3 Å². The first-order chi connectivity index (χ1) is 9.78. The number of hydrogen-bond acceptors (Lipinski definition) is 4. The van der Waals surface area contributed by atoms with Gasteiger partial charge in [0.15, 0.2) is 0 Å². The van der Waals surface area contributed by atoms with Crippen LogP contribution in [0.2, 0.25) is 0 Å². The fraction of sp³-hybridized carbons (Fsp3) is 0.438. The van der Waals surface area contributed by atoms with Crippen LogP contribution in [0.1, 0.15) is 39.0 Å². The Morgan fingerprint density at radius 2 is 2.00 bits per heavy atom. The molecule has 2 rings (SSSR count). The summed E-state index contributed by atoms with van der Waals surface area (Å²) in [6, 6.07) is 8.24. The average molecular weight is 273 g/mol. The van der Waals surface area contributed by atoms with Crippen LogP contribution >= 0.6 is 0 Å². The van der Waals surface area contributed by atoms with Crippen molar-refractivity contribution in [2.45, 2.75) is 33.2 Å². The second-order valence-electron chi connectivity index (χ2n) is 4.70. The number of anilines is 2. The highest BCUT2D eigenvalue weighted by Gasteiger charge is 2.12. The van der Waals surface area contributed by atoms with Gasteiger partial charge in [0.05, 0.1) is 24.2 Å². The van der Waals surface area contributed by atoms with Gasteiger partial charge in [0.2, 0.25) is 0 Å². The first-order valence-corrected chi connectivity index (χ1v) is 7.29. The maximum Gasteiger partial charge on any atom is 0.128 e. The van der Waals surface area contributed by atoms with Crippen molar-refractivity contribution in [1.29, 1.82) is 0 Å². The summed E-state index contributed by atoms with van der Waals surface area (Å²) >= 11 is 0. The highest BCUT2D eigenvalue weighted by Crippen LogP contribution is 2.23. The summed E-state index contributed by atoms with van der Waals surface area (Å²) in [5.41, 5.74) is 1.02. The Morgan fingerprint density at radius 3 is 2.50 bits per heavy atom. The molecule has 108 valence electrons. The number of pyridine rings is 1. The van der Waals surface area contributed by atoms with Gasteiger partial charge in [-0.25, -0.2) is 4.98 Å².